The molecule has 0 saturated heterocycles. The van der Waals surface area contributed by atoms with Crippen molar-refractivity contribution < 1.29 is 5.11 Å². The molecule has 1 aromatic rings. The average molecular weight is 136 g/mol. The van der Waals surface area contributed by atoms with E-state index in [4.69, 9.17) is 0 Å². The fourth-order valence-electron chi connectivity index (χ4n) is 1.29. The second kappa shape index (κ2) is 2.02. The molecule has 0 amide bonds. The van der Waals surface area contributed by atoms with Crippen LogP contribution in [-0.2, 0) is 6.42 Å². The van der Waals surface area contributed by atoms with E-state index < -0.39 is 0 Å². The summed E-state index contributed by atoms with van der Waals surface area (Å²) in [6, 6.07) is 0. The minimum absolute atomic E-state index is 0.349. The SMILES string of the molecule is OC1CCc2cncnc21. The van der Waals surface area contributed by atoms with Crippen LogP contribution in [0.5, 0.6) is 0 Å². The summed E-state index contributed by atoms with van der Waals surface area (Å²) in [4.78, 5) is 7.85. The third-order valence-electron chi connectivity index (χ3n) is 1.83. The summed E-state index contributed by atoms with van der Waals surface area (Å²) in [5.74, 6) is 0. The Labute approximate surface area is 58.8 Å². The molecule has 0 bridgehead atoms. The maximum atomic E-state index is 9.29. The standard InChI is InChI=1S/C7H8N2O/c10-6-2-1-5-3-8-4-9-7(5)6/h3-4,6,10H,1-2H2. The Morgan fingerprint density at radius 3 is 3.30 bits per heavy atom. The van der Waals surface area contributed by atoms with Gasteiger partial charge in [-0.1, -0.05) is 0 Å². The molecule has 0 radical (unpaired) electrons. The maximum Gasteiger partial charge on any atom is 0.115 e. The van der Waals surface area contributed by atoms with Gasteiger partial charge in [0.05, 0.1) is 11.8 Å². The monoisotopic (exact) mass is 136 g/mol. The lowest BCUT2D eigenvalue weighted by Crippen LogP contribution is -1.94. The number of aliphatic hydroxyl groups is 1. The van der Waals surface area contributed by atoms with Gasteiger partial charge < -0.3 is 5.11 Å². The van der Waals surface area contributed by atoms with E-state index in [9.17, 15) is 5.11 Å². The predicted molar refractivity (Wildman–Crippen MR) is 35.3 cm³/mol. The lowest BCUT2D eigenvalue weighted by molar-refractivity contribution is 0.175. The van der Waals surface area contributed by atoms with Gasteiger partial charge in [-0.05, 0) is 18.4 Å². The van der Waals surface area contributed by atoms with Crippen molar-refractivity contribution in [3.8, 4) is 0 Å². The summed E-state index contributed by atoms with van der Waals surface area (Å²) in [6.07, 6.45) is 4.62. The lowest BCUT2D eigenvalue weighted by Gasteiger charge is -1.98. The fourth-order valence-corrected chi connectivity index (χ4v) is 1.29. The highest BCUT2D eigenvalue weighted by Crippen LogP contribution is 2.27. The van der Waals surface area contributed by atoms with Crippen LogP contribution in [0.2, 0.25) is 0 Å². The Morgan fingerprint density at radius 1 is 1.60 bits per heavy atom. The minimum atomic E-state index is -0.349. The summed E-state index contributed by atoms with van der Waals surface area (Å²) >= 11 is 0. The van der Waals surface area contributed by atoms with Crippen molar-refractivity contribution >= 4 is 0 Å². The topological polar surface area (TPSA) is 46.0 Å². The summed E-state index contributed by atoms with van der Waals surface area (Å²) in [6.45, 7) is 0. The molecular formula is C7H8N2O. The summed E-state index contributed by atoms with van der Waals surface area (Å²) in [5, 5.41) is 9.29. The molecule has 3 heteroatoms. The van der Waals surface area contributed by atoms with E-state index in [-0.39, 0.29) is 6.10 Å². The van der Waals surface area contributed by atoms with Crippen molar-refractivity contribution in [2.45, 2.75) is 18.9 Å². The van der Waals surface area contributed by atoms with Crippen molar-refractivity contribution in [1.82, 2.24) is 9.97 Å². The van der Waals surface area contributed by atoms with Crippen LogP contribution in [0.25, 0.3) is 0 Å². The molecule has 3 nitrogen and oxygen atoms in total. The average Bonchev–Trinajstić information content (AvgIpc) is 2.34. The summed E-state index contributed by atoms with van der Waals surface area (Å²) < 4.78 is 0. The van der Waals surface area contributed by atoms with Crippen molar-refractivity contribution in [2.75, 3.05) is 0 Å². The number of rotatable bonds is 0. The largest absolute Gasteiger partial charge is 0.387 e. The van der Waals surface area contributed by atoms with Gasteiger partial charge in [0, 0.05) is 6.20 Å². The second-order valence-corrected chi connectivity index (χ2v) is 2.49. The first kappa shape index (κ1) is 5.80. The van der Waals surface area contributed by atoms with E-state index in [2.05, 4.69) is 9.97 Å². The summed E-state index contributed by atoms with van der Waals surface area (Å²) in [5.41, 5.74) is 1.91. The first-order valence-electron chi connectivity index (χ1n) is 3.35. The summed E-state index contributed by atoms with van der Waals surface area (Å²) in [7, 11) is 0. The molecule has 0 fully saturated rings. The molecule has 0 aromatic carbocycles. The van der Waals surface area contributed by atoms with Crippen LogP contribution < -0.4 is 0 Å². The first-order valence-corrected chi connectivity index (χ1v) is 3.35. The van der Waals surface area contributed by atoms with Crippen molar-refractivity contribution in [3.63, 3.8) is 0 Å². The quantitative estimate of drug-likeness (QED) is 0.563. The predicted octanol–water partition coefficient (Wildman–Crippen LogP) is 0.456. The molecule has 1 heterocycles. The Hall–Kier alpha value is -0.960. The molecule has 1 aliphatic rings. The van der Waals surface area contributed by atoms with Gasteiger partial charge in [-0.2, -0.15) is 0 Å². The smallest absolute Gasteiger partial charge is 0.115 e. The van der Waals surface area contributed by atoms with Crippen LogP contribution in [0.3, 0.4) is 0 Å². The molecule has 52 valence electrons. The van der Waals surface area contributed by atoms with E-state index in [1.165, 1.54) is 6.33 Å². The Balaban J connectivity index is 2.51. The van der Waals surface area contributed by atoms with Gasteiger partial charge in [-0.25, -0.2) is 9.97 Å². The highest BCUT2D eigenvalue weighted by molar-refractivity contribution is 5.23. The first-order chi connectivity index (χ1) is 4.88. The number of hydrogen-bond acceptors (Lipinski definition) is 3. The number of hydrogen-bond donors (Lipinski definition) is 1. The van der Waals surface area contributed by atoms with Crippen LogP contribution in [0.1, 0.15) is 23.8 Å². The minimum Gasteiger partial charge on any atom is -0.387 e. The zero-order valence-electron chi connectivity index (χ0n) is 5.49. The van der Waals surface area contributed by atoms with Gasteiger partial charge >= 0.3 is 0 Å². The van der Waals surface area contributed by atoms with Crippen LogP contribution in [0, 0.1) is 0 Å². The number of aryl methyl sites for hydroxylation is 1. The van der Waals surface area contributed by atoms with Gasteiger partial charge in [0.2, 0.25) is 0 Å². The molecule has 2 rings (SSSR count). The third kappa shape index (κ3) is 0.708. The number of aliphatic hydroxyl groups excluding tert-OH is 1. The maximum absolute atomic E-state index is 9.29. The van der Waals surface area contributed by atoms with Crippen molar-refractivity contribution in [1.29, 1.82) is 0 Å². The lowest BCUT2D eigenvalue weighted by atomic mass is 10.3. The molecule has 0 spiro atoms. The van der Waals surface area contributed by atoms with Gasteiger partial charge in [0.15, 0.2) is 0 Å². The zero-order chi connectivity index (χ0) is 6.97. The fraction of sp³-hybridized carbons (Fsp3) is 0.429. The highest BCUT2D eigenvalue weighted by Gasteiger charge is 2.20. The molecule has 0 saturated carbocycles. The van der Waals surface area contributed by atoms with Gasteiger partial charge in [0.1, 0.15) is 6.33 Å². The van der Waals surface area contributed by atoms with E-state index >= 15 is 0 Å². The molecule has 1 atom stereocenters. The van der Waals surface area contributed by atoms with Gasteiger partial charge in [0.25, 0.3) is 0 Å². The number of fused-ring (bicyclic) bond motifs is 1. The van der Waals surface area contributed by atoms with Crippen LogP contribution in [0.4, 0.5) is 0 Å². The van der Waals surface area contributed by atoms with Gasteiger partial charge in [-0.3, -0.25) is 0 Å². The molecule has 1 aromatic heterocycles. The highest BCUT2D eigenvalue weighted by atomic mass is 16.3. The van der Waals surface area contributed by atoms with Crippen molar-refractivity contribution in [2.24, 2.45) is 0 Å². The molecule has 10 heavy (non-hydrogen) atoms. The second-order valence-electron chi connectivity index (χ2n) is 2.49. The molecule has 1 unspecified atom stereocenters. The third-order valence-corrected chi connectivity index (χ3v) is 1.83. The zero-order valence-corrected chi connectivity index (χ0v) is 5.49. The molecule has 1 aliphatic carbocycles. The van der Waals surface area contributed by atoms with E-state index in [0.717, 1.165) is 24.1 Å². The molecular weight excluding hydrogens is 128 g/mol. The number of nitrogens with zero attached hydrogens (tertiary/aromatic N) is 2. The van der Waals surface area contributed by atoms with E-state index in [1.54, 1.807) is 6.20 Å². The van der Waals surface area contributed by atoms with E-state index in [0.29, 0.717) is 0 Å². The number of aromatic nitrogens is 2. The normalized spacial score (nSPS) is 22.7. The van der Waals surface area contributed by atoms with Gasteiger partial charge in [-0.15, -0.1) is 0 Å². The van der Waals surface area contributed by atoms with Crippen LogP contribution in [-0.4, -0.2) is 15.1 Å². The Bertz CT molecular complexity index is 249. The Morgan fingerprint density at radius 2 is 2.50 bits per heavy atom. The van der Waals surface area contributed by atoms with Crippen LogP contribution >= 0.6 is 0 Å². The molecule has 1 N–H and O–H groups in total. The van der Waals surface area contributed by atoms with Crippen molar-refractivity contribution in [3.05, 3.63) is 23.8 Å². The van der Waals surface area contributed by atoms with Crippen LogP contribution in [0.15, 0.2) is 12.5 Å². The van der Waals surface area contributed by atoms with E-state index in [1.807, 2.05) is 0 Å². The Kier molecular flexibility index (Phi) is 1.17. The molecule has 0 aliphatic heterocycles.